The molecular weight excluding hydrogens is 202 g/mol. The van der Waals surface area contributed by atoms with Gasteiger partial charge in [0, 0.05) is 6.54 Å². The number of rotatable bonds is 7. The molecule has 0 aliphatic carbocycles. The van der Waals surface area contributed by atoms with Crippen LogP contribution in [0.15, 0.2) is 0 Å². The highest BCUT2D eigenvalue weighted by Crippen LogP contribution is 2.01. The maximum absolute atomic E-state index is 11.4. The SMILES string of the molecule is CCC(C#N)S(=O)(=O)NCCCNC. The minimum Gasteiger partial charge on any atom is -0.320 e. The second kappa shape index (κ2) is 6.76. The zero-order valence-corrected chi connectivity index (χ0v) is 9.39. The molecule has 0 aromatic heterocycles. The van der Waals surface area contributed by atoms with E-state index >= 15 is 0 Å². The van der Waals surface area contributed by atoms with Crippen LogP contribution in [0, 0.1) is 11.3 Å². The lowest BCUT2D eigenvalue weighted by molar-refractivity contribution is 0.568. The van der Waals surface area contributed by atoms with E-state index in [1.54, 1.807) is 20.0 Å². The molecule has 0 aliphatic heterocycles. The summed E-state index contributed by atoms with van der Waals surface area (Å²) in [6.45, 7) is 2.81. The van der Waals surface area contributed by atoms with Gasteiger partial charge in [-0.15, -0.1) is 0 Å². The summed E-state index contributed by atoms with van der Waals surface area (Å²) in [4.78, 5) is 0. The highest BCUT2D eigenvalue weighted by molar-refractivity contribution is 7.90. The molecule has 0 bridgehead atoms. The van der Waals surface area contributed by atoms with Crippen LogP contribution in [0.25, 0.3) is 0 Å². The Balaban J connectivity index is 4.02. The van der Waals surface area contributed by atoms with Gasteiger partial charge in [0.25, 0.3) is 0 Å². The molecular formula is C8H17N3O2S. The van der Waals surface area contributed by atoms with Crippen molar-refractivity contribution in [3.05, 3.63) is 0 Å². The van der Waals surface area contributed by atoms with E-state index in [1.807, 2.05) is 0 Å². The zero-order chi connectivity index (χ0) is 11.0. The van der Waals surface area contributed by atoms with E-state index in [-0.39, 0.29) is 0 Å². The fourth-order valence-corrected chi connectivity index (χ4v) is 2.17. The smallest absolute Gasteiger partial charge is 0.227 e. The van der Waals surface area contributed by atoms with Gasteiger partial charge < -0.3 is 5.32 Å². The molecule has 0 rings (SSSR count). The predicted octanol–water partition coefficient (Wildman–Crippen LogP) is -0.183. The number of nitrogens with one attached hydrogen (secondary N) is 2. The van der Waals surface area contributed by atoms with Crippen molar-refractivity contribution in [1.29, 1.82) is 5.26 Å². The topological polar surface area (TPSA) is 82.0 Å². The van der Waals surface area contributed by atoms with Crippen molar-refractivity contribution < 1.29 is 8.42 Å². The summed E-state index contributed by atoms with van der Waals surface area (Å²) in [5, 5.41) is 10.6. The molecule has 0 saturated heterocycles. The van der Waals surface area contributed by atoms with Crippen LogP contribution < -0.4 is 10.0 Å². The van der Waals surface area contributed by atoms with Gasteiger partial charge in [-0.1, -0.05) is 6.92 Å². The molecule has 0 saturated carbocycles. The van der Waals surface area contributed by atoms with Gasteiger partial charge in [-0.2, -0.15) is 5.26 Å². The Morgan fingerprint density at radius 2 is 2.07 bits per heavy atom. The molecule has 0 aromatic rings. The standard InChI is InChI=1S/C8H17N3O2S/c1-3-8(7-9)14(12,13)11-6-4-5-10-2/h8,10-11H,3-6H2,1-2H3. The van der Waals surface area contributed by atoms with Crippen molar-refractivity contribution in [1.82, 2.24) is 10.0 Å². The van der Waals surface area contributed by atoms with E-state index in [4.69, 9.17) is 5.26 Å². The van der Waals surface area contributed by atoms with E-state index in [9.17, 15) is 8.42 Å². The summed E-state index contributed by atoms with van der Waals surface area (Å²) >= 11 is 0. The minimum atomic E-state index is -3.44. The molecule has 0 amide bonds. The molecule has 0 aromatic carbocycles. The molecule has 0 radical (unpaired) electrons. The molecule has 1 atom stereocenters. The quantitative estimate of drug-likeness (QED) is 0.582. The molecule has 5 nitrogen and oxygen atoms in total. The van der Waals surface area contributed by atoms with Crippen LogP contribution in [-0.4, -0.2) is 33.8 Å². The van der Waals surface area contributed by atoms with Gasteiger partial charge in [-0.25, -0.2) is 13.1 Å². The van der Waals surface area contributed by atoms with Gasteiger partial charge in [0.1, 0.15) is 0 Å². The lowest BCUT2D eigenvalue weighted by atomic mass is 10.4. The largest absolute Gasteiger partial charge is 0.320 e. The van der Waals surface area contributed by atoms with Gasteiger partial charge in [0.2, 0.25) is 10.0 Å². The van der Waals surface area contributed by atoms with E-state index < -0.39 is 15.3 Å². The molecule has 1 unspecified atom stereocenters. The predicted molar refractivity (Wildman–Crippen MR) is 55.2 cm³/mol. The number of sulfonamides is 1. The van der Waals surface area contributed by atoms with E-state index in [0.29, 0.717) is 13.0 Å². The van der Waals surface area contributed by atoms with Crippen LogP contribution in [0.4, 0.5) is 0 Å². The highest BCUT2D eigenvalue weighted by Gasteiger charge is 2.21. The van der Waals surface area contributed by atoms with Crippen LogP contribution in [0.5, 0.6) is 0 Å². The summed E-state index contributed by atoms with van der Waals surface area (Å²) in [7, 11) is -1.64. The van der Waals surface area contributed by atoms with Gasteiger partial charge in [0.15, 0.2) is 5.25 Å². The van der Waals surface area contributed by atoms with Gasteiger partial charge in [-0.05, 0) is 26.4 Å². The van der Waals surface area contributed by atoms with E-state index in [1.165, 1.54) is 0 Å². The van der Waals surface area contributed by atoms with Gasteiger partial charge in [-0.3, -0.25) is 0 Å². The number of nitriles is 1. The summed E-state index contributed by atoms with van der Waals surface area (Å²) in [5.41, 5.74) is 0. The Kier molecular flexibility index (Phi) is 6.45. The lowest BCUT2D eigenvalue weighted by Gasteiger charge is -2.09. The average Bonchev–Trinajstić information content (AvgIpc) is 2.14. The zero-order valence-electron chi connectivity index (χ0n) is 8.58. The molecule has 14 heavy (non-hydrogen) atoms. The molecule has 6 heteroatoms. The highest BCUT2D eigenvalue weighted by atomic mass is 32.2. The third kappa shape index (κ3) is 4.56. The summed E-state index contributed by atoms with van der Waals surface area (Å²) < 4.78 is 25.2. The van der Waals surface area contributed by atoms with Crippen molar-refractivity contribution in [3.8, 4) is 6.07 Å². The first-order chi connectivity index (χ1) is 6.58. The van der Waals surface area contributed by atoms with Crippen molar-refractivity contribution >= 4 is 10.0 Å². The number of nitrogens with zero attached hydrogens (tertiary/aromatic N) is 1. The fraction of sp³-hybridized carbons (Fsp3) is 0.875. The van der Waals surface area contributed by atoms with Crippen molar-refractivity contribution in [3.63, 3.8) is 0 Å². The Bertz CT molecular complexity index is 281. The molecule has 0 aliphatic rings. The lowest BCUT2D eigenvalue weighted by Crippen LogP contribution is -2.34. The summed E-state index contributed by atoms with van der Waals surface area (Å²) in [6.07, 6.45) is 1.04. The summed E-state index contributed by atoms with van der Waals surface area (Å²) in [6, 6.07) is 1.77. The third-order valence-electron chi connectivity index (χ3n) is 1.80. The third-order valence-corrected chi connectivity index (χ3v) is 3.59. The maximum atomic E-state index is 11.4. The molecule has 82 valence electrons. The molecule has 0 heterocycles. The summed E-state index contributed by atoms with van der Waals surface area (Å²) in [5.74, 6) is 0. The molecule has 0 spiro atoms. The fourth-order valence-electron chi connectivity index (χ4n) is 0.960. The first kappa shape index (κ1) is 13.4. The molecule has 0 fully saturated rings. The second-order valence-electron chi connectivity index (χ2n) is 2.92. The normalized spacial score (nSPS) is 13.5. The Morgan fingerprint density at radius 3 is 2.50 bits per heavy atom. The van der Waals surface area contributed by atoms with Gasteiger partial charge in [0.05, 0.1) is 6.07 Å². The van der Waals surface area contributed by atoms with E-state index in [2.05, 4.69) is 10.0 Å². The first-order valence-corrected chi connectivity index (χ1v) is 6.15. The Hall–Kier alpha value is -0.640. The minimum absolute atomic E-state index is 0.317. The van der Waals surface area contributed by atoms with Crippen molar-refractivity contribution in [2.45, 2.75) is 25.0 Å². The van der Waals surface area contributed by atoms with Crippen LogP contribution in [-0.2, 0) is 10.0 Å². The second-order valence-corrected chi connectivity index (χ2v) is 4.87. The van der Waals surface area contributed by atoms with E-state index in [0.717, 1.165) is 13.0 Å². The monoisotopic (exact) mass is 219 g/mol. The van der Waals surface area contributed by atoms with Crippen LogP contribution in [0.1, 0.15) is 19.8 Å². The number of hydrogen-bond acceptors (Lipinski definition) is 4. The number of hydrogen-bond donors (Lipinski definition) is 2. The average molecular weight is 219 g/mol. The van der Waals surface area contributed by atoms with Crippen LogP contribution in [0.2, 0.25) is 0 Å². The van der Waals surface area contributed by atoms with Gasteiger partial charge >= 0.3 is 0 Å². The first-order valence-electron chi connectivity index (χ1n) is 4.61. The van der Waals surface area contributed by atoms with Crippen molar-refractivity contribution in [2.75, 3.05) is 20.1 Å². The Labute approximate surface area is 85.5 Å². The maximum Gasteiger partial charge on any atom is 0.227 e. The van der Waals surface area contributed by atoms with Crippen molar-refractivity contribution in [2.24, 2.45) is 0 Å². The Morgan fingerprint density at radius 1 is 1.43 bits per heavy atom. The molecule has 2 N–H and O–H groups in total. The van der Waals surface area contributed by atoms with Crippen LogP contribution >= 0.6 is 0 Å². The van der Waals surface area contributed by atoms with Crippen LogP contribution in [0.3, 0.4) is 0 Å².